The molecule has 1 aromatic rings. The van der Waals surface area contributed by atoms with Crippen LogP contribution in [0, 0.1) is 5.82 Å². The Morgan fingerprint density at radius 1 is 1.38 bits per heavy atom. The van der Waals surface area contributed by atoms with Gasteiger partial charge < -0.3 is 9.84 Å². The molecular weight excluding hydrogens is 209 g/mol. The molecule has 0 bridgehead atoms. The smallest absolute Gasteiger partial charge is 0.167 e. The molecular formula is C12H16FNO2. The Morgan fingerprint density at radius 3 is 2.69 bits per heavy atom. The lowest BCUT2D eigenvalue weighted by molar-refractivity contribution is -0.179. The van der Waals surface area contributed by atoms with Crippen molar-refractivity contribution < 1.29 is 14.2 Å². The number of nitrogens with zero attached hydrogens (tertiary/aromatic N) is 1. The highest BCUT2D eigenvalue weighted by atomic mass is 19.1. The first kappa shape index (κ1) is 11.5. The van der Waals surface area contributed by atoms with Crippen molar-refractivity contribution in [3.63, 3.8) is 0 Å². The van der Waals surface area contributed by atoms with Crippen LogP contribution >= 0.6 is 0 Å². The molecule has 0 radical (unpaired) electrons. The Balaban J connectivity index is 1.96. The van der Waals surface area contributed by atoms with E-state index in [1.807, 2.05) is 6.92 Å². The van der Waals surface area contributed by atoms with Crippen LogP contribution in [0.25, 0.3) is 0 Å². The second kappa shape index (κ2) is 4.91. The summed E-state index contributed by atoms with van der Waals surface area (Å²) in [4.78, 5) is 2.10. The van der Waals surface area contributed by atoms with Crippen molar-refractivity contribution in [3.05, 3.63) is 35.6 Å². The molecule has 0 spiro atoms. The number of benzene rings is 1. The van der Waals surface area contributed by atoms with E-state index in [0.717, 1.165) is 12.1 Å². The van der Waals surface area contributed by atoms with E-state index >= 15 is 0 Å². The summed E-state index contributed by atoms with van der Waals surface area (Å²) in [6.45, 7) is 3.93. The fourth-order valence-corrected chi connectivity index (χ4v) is 1.99. The van der Waals surface area contributed by atoms with Crippen molar-refractivity contribution >= 4 is 0 Å². The Hall–Kier alpha value is -0.970. The van der Waals surface area contributed by atoms with Gasteiger partial charge in [-0.2, -0.15) is 0 Å². The summed E-state index contributed by atoms with van der Waals surface area (Å²) in [5, 5.41) is 9.45. The molecule has 4 heteroatoms. The predicted molar refractivity (Wildman–Crippen MR) is 58.2 cm³/mol. The lowest BCUT2D eigenvalue weighted by Gasteiger charge is -2.34. The van der Waals surface area contributed by atoms with Crippen molar-refractivity contribution in [1.29, 1.82) is 0 Å². The Morgan fingerprint density at radius 2 is 2.06 bits per heavy atom. The quantitative estimate of drug-likeness (QED) is 0.825. The highest BCUT2D eigenvalue weighted by Gasteiger charge is 2.23. The molecule has 1 aromatic carbocycles. The van der Waals surface area contributed by atoms with Gasteiger partial charge in [-0.25, -0.2) is 4.39 Å². The molecule has 0 aliphatic carbocycles. The molecule has 88 valence electrons. The summed E-state index contributed by atoms with van der Waals surface area (Å²) in [7, 11) is 0. The van der Waals surface area contributed by atoms with Gasteiger partial charge in [-0.3, -0.25) is 4.90 Å². The second-order valence-electron chi connectivity index (χ2n) is 4.22. The topological polar surface area (TPSA) is 32.7 Å². The van der Waals surface area contributed by atoms with Gasteiger partial charge in [0.15, 0.2) is 6.29 Å². The third-order valence-corrected chi connectivity index (χ3v) is 2.64. The minimum absolute atomic E-state index is 0.0317. The summed E-state index contributed by atoms with van der Waals surface area (Å²) in [5.74, 6) is -0.223. The molecule has 1 saturated heterocycles. The highest BCUT2D eigenvalue weighted by molar-refractivity contribution is 5.15. The lowest BCUT2D eigenvalue weighted by Crippen LogP contribution is -2.45. The number of ether oxygens (including phenoxy) is 1. The fraction of sp³-hybridized carbons (Fsp3) is 0.500. The zero-order valence-corrected chi connectivity index (χ0v) is 9.27. The van der Waals surface area contributed by atoms with Gasteiger partial charge in [0.25, 0.3) is 0 Å². The van der Waals surface area contributed by atoms with E-state index in [0.29, 0.717) is 13.1 Å². The Kier molecular flexibility index (Phi) is 3.53. The summed E-state index contributed by atoms with van der Waals surface area (Å²) in [5.41, 5.74) is 1.04. The largest absolute Gasteiger partial charge is 0.367 e. The molecule has 0 saturated carbocycles. The number of hydrogen-bond donors (Lipinski definition) is 1. The van der Waals surface area contributed by atoms with E-state index in [9.17, 15) is 9.50 Å². The molecule has 1 N–H and O–H groups in total. The first-order valence-electron chi connectivity index (χ1n) is 5.44. The minimum atomic E-state index is -0.718. The minimum Gasteiger partial charge on any atom is -0.367 e. The van der Waals surface area contributed by atoms with Crippen molar-refractivity contribution in [2.24, 2.45) is 0 Å². The Labute approximate surface area is 94.4 Å². The Bertz CT molecular complexity index is 331. The van der Waals surface area contributed by atoms with Gasteiger partial charge in [-0.05, 0) is 24.6 Å². The van der Waals surface area contributed by atoms with Crippen LogP contribution in [-0.2, 0) is 11.3 Å². The number of aliphatic hydroxyl groups is 1. The summed E-state index contributed by atoms with van der Waals surface area (Å²) in [6.07, 6.45) is -0.687. The summed E-state index contributed by atoms with van der Waals surface area (Å²) in [6, 6.07) is 6.44. The fourth-order valence-electron chi connectivity index (χ4n) is 1.99. The number of hydrogen-bond acceptors (Lipinski definition) is 3. The van der Waals surface area contributed by atoms with Gasteiger partial charge in [0, 0.05) is 19.6 Å². The lowest BCUT2D eigenvalue weighted by atomic mass is 10.2. The number of β-amino-alcohol motifs (C(OH)–C–C–N with tert-alkyl or cyclic N) is 1. The van der Waals surface area contributed by atoms with Crippen LogP contribution < -0.4 is 0 Å². The summed E-state index contributed by atoms with van der Waals surface area (Å²) >= 11 is 0. The van der Waals surface area contributed by atoms with E-state index < -0.39 is 6.29 Å². The average molecular weight is 225 g/mol. The predicted octanol–water partition coefficient (Wildman–Crippen LogP) is 1.36. The molecule has 1 aliphatic rings. The van der Waals surface area contributed by atoms with Crippen LogP contribution in [0.5, 0.6) is 0 Å². The van der Waals surface area contributed by atoms with Crippen molar-refractivity contribution in [1.82, 2.24) is 4.90 Å². The SMILES string of the molecule is CC1CN(Cc2ccc(F)cc2)C[C@@H](O)O1. The van der Waals surface area contributed by atoms with Crippen LogP contribution in [0.4, 0.5) is 4.39 Å². The van der Waals surface area contributed by atoms with Crippen LogP contribution in [0.3, 0.4) is 0 Å². The normalized spacial score (nSPS) is 26.9. The maximum absolute atomic E-state index is 12.7. The molecule has 1 fully saturated rings. The second-order valence-corrected chi connectivity index (χ2v) is 4.22. The van der Waals surface area contributed by atoms with Gasteiger partial charge in [-0.15, -0.1) is 0 Å². The first-order chi connectivity index (χ1) is 7.63. The first-order valence-corrected chi connectivity index (χ1v) is 5.44. The van der Waals surface area contributed by atoms with Crippen molar-refractivity contribution in [2.75, 3.05) is 13.1 Å². The van der Waals surface area contributed by atoms with Crippen LogP contribution in [0.15, 0.2) is 24.3 Å². The molecule has 2 rings (SSSR count). The van der Waals surface area contributed by atoms with Crippen molar-refractivity contribution in [3.8, 4) is 0 Å². The van der Waals surface area contributed by atoms with Gasteiger partial charge in [0.1, 0.15) is 5.82 Å². The molecule has 2 atom stereocenters. The molecule has 3 nitrogen and oxygen atoms in total. The zero-order chi connectivity index (χ0) is 11.5. The molecule has 1 unspecified atom stereocenters. The van der Waals surface area contributed by atoms with Gasteiger partial charge in [0.2, 0.25) is 0 Å². The molecule has 0 amide bonds. The number of aliphatic hydroxyl groups excluding tert-OH is 1. The van der Waals surface area contributed by atoms with E-state index in [1.165, 1.54) is 12.1 Å². The van der Waals surface area contributed by atoms with Crippen LogP contribution in [0.2, 0.25) is 0 Å². The maximum Gasteiger partial charge on any atom is 0.167 e. The molecule has 1 heterocycles. The van der Waals surface area contributed by atoms with Crippen LogP contribution in [-0.4, -0.2) is 35.5 Å². The maximum atomic E-state index is 12.7. The van der Waals surface area contributed by atoms with Gasteiger partial charge >= 0.3 is 0 Å². The van der Waals surface area contributed by atoms with Crippen molar-refractivity contribution in [2.45, 2.75) is 25.9 Å². The highest BCUT2D eigenvalue weighted by Crippen LogP contribution is 2.13. The van der Waals surface area contributed by atoms with Gasteiger partial charge in [-0.1, -0.05) is 12.1 Å². The average Bonchev–Trinajstić information content (AvgIpc) is 2.20. The van der Waals surface area contributed by atoms with E-state index in [2.05, 4.69) is 4.90 Å². The molecule has 0 aromatic heterocycles. The number of rotatable bonds is 2. The third kappa shape index (κ3) is 3.01. The summed E-state index contributed by atoms with van der Waals surface area (Å²) < 4.78 is 17.9. The molecule has 1 aliphatic heterocycles. The van der Waals surface area contributed by atoms with Crippen LogP contribution in [0.1, 0.15) is 12.5 Å². The monoisotopic (exact) mass is 225 g/mol. The van der Waals surface area contributed by atoms with Gasteiger partial charge in [0.05, 0.1) is 6.10 Å². The van der Waals surface area contributed by atoms with E-state index in [-0.39, 0.29) is 11.9 Å². The van der Waals surface area contributed by atoms with E-state index in [1.54, 1.807) is 12.1 Å². The number of halogens is 1. The number of morpholine rings is 1. The zero-order valence-electron chi connectivity index (χ0n) is 9.27. The molecule has 16 heavy (non-hydrogen) atoms. The third-order valence-electron chi connectivity index (χ3n) is 2.64. The standard InChI is InChI=1S/C12H16FNO2/c1-9-6-14(8-12(15)16-9)7-10-2-4-11(13)5-3-10/h2-5,9,12,15H,6-8H2,1H3/t9?,12-/m0/s1. The van der Waals surface area contributed by atoms with E-state index in [4.69, 9.17) is 4.74 Å².